The first kappa shape index (κ1) is 31.0. The molecule has 1 heterocycles. The zero-order valence-electron chi connectivity index (χ0n) is 24.4. The second kappa shape index (κ2) is 13.0. The van der Waals surface area contributed by atoms with Gasteiger partial charge in [-0.2, -0.15) is 9.67 Å². The molecule has 0 saturated heterocycles. The van der Waals surface area contributed by atoms with Gasteiger partial charge in [-0.15, -0.1) is 18.3 Å². The summed E-state index contributed by atoms with van der Waals surface area (Å²) in [6.07, 6.45) is -3.20. The number of rotatable bonds is 10. The first-order valence-corrected chi connectivity index (χ1v) is 14.5. The highest BCUT2D eigenvalue weighted by atomic mass is 32.1. The van der Waals surface area contributed by atoms with E-state index in [2.05, 4.69) is 50.8 Å². The van der Waals surface area contributed by atoms with E-state index in [1.807, 2.05) is 54.5 Å². The van der Waals surface area contributed by atoms with Gasteiger partial charge in [0.05, 0.1) is 5.69 Å². The van der Waals surface area contributed by atoms with Gasteiger partial charge in [0, 0.05) is 30.8 Å². The van der Waals surface area contributed by atoms with Gasteiger partial charge in [-0.3, -0.25) is 15.5 Å². The highest BCUT2D eigenvalue weighted by molar-refractivity contribution is 7.80. The molecule has 230 valence electrons. The van der Waals surface area contributed by atoms with Crippen LogP contribution in [-0.4, -0.2) is 44.2 Å². The van der Waals surface area contributed by atoms with Crippen molar-refractivity contribution >= 4 is 34.9 Å². The van der Waals surface area contributed by atoms with Crippen molar-refractivity contribution in [2.45, 2.75) is 45.5 Å². The van der Waals surface area contributed by atoms with Crippen LogP contribution in [0.4, 0.5) is 24.8 Å². The summed E-state index contributed by atoms with van der Waals surface area (Å²) >= 11 is 5.52. The van der Waals surface area contributed by atoms with Crippen LogP contribution in [-0.2, 0) is 11.3 Å². The largest absolute Gasteiger partial charge is 0.573 e. The minimum Gasteiger partial charge on any atom is -0.406 e. The van der Waals surface area contributed by atoms with Crippen LogP contribution in [0.1, 0.15) is 43.7 Å². The molecule has 44 heavy (non-hydrogen) atoms. The Labute approximate surface area is 258 Å². The van der Waals surface area contributed by atoms with Crippen molar-refractivity contribution < 1.29 is 22.7 Å². The zero-order chi connectivity index (χ0) is 31.4. The molecule has 9 nitrogen and oxygen atoms in total. The SMILES string of the molecule is CC(C)c1ccccc1NC(=S)NN(C)Cc1ccc(-c2nc(NC(=O)C3CC3)n(-c3ccc(OC(F)(F)F)cc3)n2)cc1. The van der Waals surface area contributed by atoms with Gasteiger partial charge in [-0.25, -0.2) is 5.01 Å². The van der Waals surface area contributed by atoms with Crippen molar-refractivity contribution in [2.75, 3.05) is 17.7 Å². The van der Waals surface area contributed by atoms with Crippen LogP contribution in [0.25, 0.3) is 17.1 Å². The van der Waals surface area contributed by atoms with Crippen molar-refractivity contribution in [2.24, 2.45) is 5.92 Å². The van der Waals surface area contributed by atoms with Crippen molar-refractivity contribution in [1.82, 2.24) is 25.2 Å². The van der Waals surface area contributed by atoms with Gasteiger partial charge >= 0.3 is 6.36 Å². The van der Waals surface area contributed by atoms with Crippen molar-refractivity contribution in [1.29, 1.82) is 0 Å². The van der Waals surface area contributed by atoms with Crippen molar-refractivity contribution in [3.63, 3.8) is 0 Å². The molecule has 3 aromatic carbocycles. The molecule has 1 amide bonds. The molecule has 0 spiro atoms. The summed E-state index contributed by atoms with van der Waals surface area (Å²) in [4.78, 5) is 17.1. The number of halogens is 3. The predicted molar refractivity (Wildman–Crippen MR) is 166 cm³/mol. The average Bonchev–Trinajstić information content (AvgIpc) is 3.74. The lowest BCUT2D eigenvalue weighted by Gasteiger charge is -2.22. The number of aromatic nitrogens is 3. The lowest BCUT2D eigenvalue weighted by molar-refractivity contribution is -0.274. The topological polar surface area (TPSA) is 96.3 Å². The molecule has 0 bridgehead atoms. The number of alkyl halides is 3. The number of amides is 1. The standard InChI is InChI=1S/C31H32F3N7O2S/c1-19(2)25-6-4-5-7-26(25)35-30(44)39-40(3)18-20-8-10-21(11-9-20)27-36-29(37-28(42)22-12-13-22)41(38-27)23-14-16-24(17-15-23)43-31(32,33)34/h4-11,14-17,19,22H,12-13,18H2,1-3H3,(H2,35,39,44)(H,36,37,38,42). The first-order valence-electron chi connectivity index (χ1n) is 14.1. The third-order valence-electron chi connectivity index (χ3n) is 6.86. The quantitative estimate of drug-likeness (QED) is 0.134. The van der Waals surface area contributed by atoms with Gasteiger partial charge in [0.15, 0.2) is 10.9 Å². The number of benzene rings is 3. The van der Waals surface area contributed by atoms with Gasteiger partial charge in [-0.1, -0.05) is 56.3 Å². The van der Waals surface area contributed by atoms with Gasteiger partial charge < -0.3 is 10.1 Å². The number of hydrogen-bond donors (Lipinski definition) is 3. The van der Waals surface area contributed by atoms with Crippen LogP contribution >= 0.6 is 12.2 Å². The molecular weight excluding hydrogens is 591 g/mol. The number of thiocarbonyl (C=S) groups is 1. The van der Waals surface area contributed by atoms with E-state index in [0.29, 0.717) is 34.7 Å². The van der Waals surface area contributed by atoms with E-state index in [1.165, 1.54) is 34.5 Å². The molecule has 0 aliphatic heterocycles. The second-order valence-corrected chi connectivity index (χ2v) is 11.2. The number of hydrogen-bond acceptors (Lipinski definition) is 6. The van der Waals surface area contributed by atoms with Gasteiger partial charge in [-0.05, 0) is 72.4 Å². The minimum atomic E-state index is -4.80. The Morgan fingerprint density at radius 2 is 1.73 bits per heavy atom. The molecule has 3 N–H and O–H groups in total. The van der Waals surface area contributed by atoms with E-state index in [1.54, 1.807) is 0 Å². The van der Waals surface area contributed by atoms with Crippen molar-refractivity contribution in [3.8, 4) is 22.8 Å². The average molecular weight is 624 g/mol. The lowest BCUT2D eigenvalue weighted by atomic mass is 10.0. The van der Waals surface area contributed by atoms with E-state index >= 15 is 0 Å². The summed E-state index contributed by atoms with van der Waals surface area (Å²) in [5.74, 6) is 0.255. The number of nitrogens with one attached hydrogen (secondary N) is 3. The van der Waals surface area contributed by atoms with Crippen LogP contribution in [0, 0.1) is 5.92 Å². The fourth-order valence-corrected chi connectivity index (χ4v) is 4.82. The normalized spacial score (nSPS) is 13.2. The van der Waals surface area contributed by atoms with E-state index in [9.17, 15) is 18.0 Å². The van der Waals surface area contributed by atoms with Crippen LogP contribution < -0.4 is 20.8 Å². The maximum Gasteiger partial charge on any atom is 0.573 e. The molecule has 0 unspecified atom stereocenters. The van der Waals surface area contributed by atoms with Crippen molar-refractivity contribution in [3.05, 3.63) is 83.9 Å². The number of carbonyl (C=O) groups is 1. The molecule has 0 radical (unpaired) electrons. The molecule has 1 aromatic heterocycles. The summed E-state index contributed by atoms with van der Waals surface area (Å²) in [7, 11) is 1.89. The number of carbonyl (C=O) groups excluding carboxylic acids is 1. The van der Waals surface area contributed by atoms with E-state index in [0.717, 1.165) is 24.1 Å². The molecule has 4 aromatic rings. The number of anilines is 2. The third kappa shape index (κ3) is 8.11. The number of hydrazine groups is 1. The van der Waals surface area contributed by atoms with E-state index < -0.39 is 6.36 Å². The Morgan fingerprint density at radius 3 is 2.36 bits per heavy atom. The number of ether oxygens (including phenoxy) is 1. The van der Waals surface area contributed by atoms with Crippen LogP contribution in [0.15, 0.2) is 72.8 Å². The first-order chi connectivity index (χ1) is 20.9. The molecule has 1 aliphatic carbocycles. The Hall–Kier alpha value is -4.49. The molecule has 1 saturated carbocycles. The third-order valence-corrected chi connectivity index (χ3v) is 7.05. The zero-order valence-corrected chi connectivity index (χ0v) is 25.2. The molecule has 0 atom stereocenters. The maximum absolute atomic E-state index is 12.6. The summed E-state index contributed by atoms with van der Waals surface area (Å²) in [6, 6.07) is 20.8. The monoisotopic (exact) mass is 623 g/mol. The highest BCUT2D eigenvalue weighted by Gasteiger charge is 2.32. The molecule has 1 aliphatic rings. The Morgan fingerprint density at radius 1 is 1.05 bits per heavy atom. The Kier molecular flexibility index (Phi) is 9.16. The van der Waals surface area contributed by atoms with E-state index in [4.69, 9.17) is 12.2 Å². The minimum absolute atomic E-state index is 0.0796. The van der Waals surface area contributed by atoms with Gasteiger partial charge in [0.2, 0.25) is 11.9 Å². The number of nitrogens with zero attached hydrogens (tertiary/aromatic N) is 4. The van der Waals surface area contributed by atoms with Gasteiger partial charge in [0.1, 0.15) is 5.75 Å². The molecule has 13 heteroatoms. The summed E-state index contributed by atoms with van der Waals surface area (Å²) in [5, 5.41) is 13.0. The fraction of sp³-hybridized carbons (Fsp3) is 0.290. The predicted octanol–water partition coefficient (Wildman–Crippen LogP) is 6.64. The molecular formula is C31H32F3N7O2S. The smallest absolute Gasteiger partial charge is 0.406 e. The summed E-state index contributed by atoms with van der Waals surface area (Å²) in [6.45, 7) is 4.81. The van der Waals surface area contributed by atoms with Crippen LogP contribution in [0.2, 0.25) is 0 Å². The van der Waals surface area contributed by atoms with Gasteiger partial charge in [0.25, 0.3) is 0 Å². The van der Waals surface area contributed by atoms with E-state index in [-0.39, 0.29) is 23.5 Å². The number of para-hydroxylation sites is 1. The lowest BCUT2D eigenvalue weighted by Crippen LogP contribution is -2.41. The Bertz CT molecular complexity index is 1620. The fourth-order valence-electron chi connectivity index (χ4n) is 4.55. The maximum atomic E-state index is 12.6. The summed E-state index contributed by atoms with van der Waals surface area (Å²) in [5.41, 5.74) is 7.42. The second-order valence-electron chi connectivity index (χ2n) is 10.8. The highest BCUT2D eigenvalue weighted by Crippen LogP contribution is 2.31. The van der Waals surface area contributed by atoms with Crippen LogP contribution in [0.3, 0.4) is 0 Å². The molecule has 5 rings (SSSR count). The molecule has 1 fully saturated rings. The Balaban J connectivity index is 1.27. The summed E-state index contributed by atoms with van der Waals surface area (Å²) < 4.78 is 43.2. The van der Waals surface area contributed by atoms with Crippen LogP contribution in [0.5, 0.6) is 5.75 Å².